The Hall–Kier alpha value is -3.20. The number of carbonyl (C=O) groups excluding carboxylic acids is 2. The second-order valence-electron chi connectivity index (χ2n) is 5.36. The van der Waals surface area contributed by atoms with Crippen LogP contribution in [0.15, 0.2) is 84.9 Å². The van der Waals surface area contributed by atoms with Gasteiger partial charge in [0.25, 0.3) is 0 Å². The molecule has 0 bridgehead atoms. The van der Waals surface area contributed by atoms with E-state index in [-0.39, 0.29) is 0 Å². The van der Waals surface area contributed by atoms with Gasteiger partial charge in [0.1, 0.15) is 0 Å². The predicted molar refractivity (Wildman–Crippen MR) is 91.9 cm³/mol. The Morgan fingerprint density at radius 1 is 0.667 bits per heavy atom. The smallest absolute Gasteiger partial charge is 0.346 e. The van der Waals surface area contributed by atoms with Gasteiger partial charge >= 0.3 is 11.9 Å². The summed E-state index contributed by atoms with van der Waals surface area (Å²) in [7, 11) is 0. The van der Waals surface area contributed by atoms with Crippen LogP contribution in [-0.4, -0.2) is 11.9 Å². The molecule has 118 valence electrons. The van der Waals surface area contributed by atoms with E-state index in [9.17, 15) is 9.59 Å². The van der Waals surface area contributed by atoms with Crippen LogP contribution in [0.5, 0.6) is 0 Å². The molecule has 0 aliphatic rings. The molecule has 24 heavy (non-hydrogen) atoms. The molecule has 0 spiro atoms. The van der Waals surface area contributed by atoms with Crippen LogP contribution in [0.3, 0.4) is 0 Å². The highest BCUT2D eigenvalue weighted by atomic mass is 16.6. The fourth-order valence-corrected chi connectivity index (χ4v) is 2.46. The molecule has 0 saturated carbocycles. The minimum Gasteiger partial charge on any atom is -0.386 e. The number of rotatable bonds is 4. The zero-order valence-corrected chi connectivity index (χ0v) is 13.0. The van der Waals surface area contributed by atoms with Crippen LogP contribution in [0.25, 0.3) is 0 Å². The minimum absolute atomic E-state index is 0.353. The van der Waals surface area contributed by atoms with E-state index in [2.05, 4.69) is 0 Å². The number of carbonyl (C=O) groups is 2. The summed E-state index contributed by atoms with van der Waals surface area (Å²) in [6.45, 7) is 0. The van der Waals surface area contributed by atoms with Crippen LogP contribution < -0.4 is 0 Å². The van der Waals surface area contributed by atoms with Gasteiger partial charge in [-0.25, -0.2) is 9.59 Å². The second-order valence-corrected chi connectivity index (χ2v) is 5.36. The first-order valence-corrected chi connectivity index (χ1v) is 7.67. The summed E-state index contributed by atoms with van der Waals surface area (Å²) in [6.07, 6.45) is 0.603. The Morgan fingerprint density at radius 2 is 1.25 bits per heavy atom. The van der Waals surface area contributed by atoms with Crippen LogP contribution in [0.2, 0.25) is 0 Å². The lowest BCUT2D eigenvalue weighted by Crippen LogP contribution is -2.14. The molecule has 3 heteroatoms. The van der Waals surface area contributed by atoms with Gasteiger partial charge in [-0.15, -0.1) is 0 Å². The molecule has 0 aliphatic carbocycles. The van der Waals surface area contributed by atoms with Crippen molar-refractivity contribution in [3.05, 3.63) is 107 Å². The number of hydrogen-bond acceptors (Lipinski definition) is 3. The standard InChI is InChI=1S/C21H16O3/c22-20(17-11-5-2-6-12-17)24-21(23)19-14-8-7-13-18(19)15-16-9-3-1-4-10-16/h1-14H,15H2. The highest BCUT2D eigenvalue weighted by Crippen LogP contribution is 2.16. The van der Waals surface area contributed by atoms with Crippen molar-refractivity contribution in [2.75, 3.05) is 0 Å². The van der Waals surface area contributed by atoms with E-state index < -0.39 is 11.9 Å². The van der Waals surface area contributed by atoms with Gasteiger partial charge in [-0.2, -0.15) is 0 Å². The first-order chi connectivity index (χ1) is 11.7. The highest BCUT2D eigenvalue weighted by Gasteiger charge is 2.17. The molecule has 3 rings (SSSR count). The lowest BCUT2D eigenvalue weighted by atomic mass is 10.00. The van der Waals surface area contributed by atoms with Crippen molar-refractivity contribution in [3.63, 3.8) is 0 Å². The van der Waals surface area contributed by atoms with E-state index in [0.717, 1.165) is 11.1 Å². The van der Waals surface area contributed by atoms with E-state index in [0.29, 0.717) is 17.5 Å². The predicted octanol–water partition coefficient (Wildman–Crippen LogP) is 4.27. The fraction of sp³-hybridized carbons (Fsp3) is 0.0476. The van der Waals surface area contributed by atoms with E-state index in [1.165, 1.54) is 0 Å². The lowest BCUT2D eigenvalue weighted by molar-refractivity contribution is 0.0397. The summed E-state index contributed by atoms with van der Waals surface area (Å²) >= 11 is 0. The van der Waals surface area contributed by atoms with E-state index >= 15 is 0 Å². The molecule has 0 atom stereocenters. The molecule has 0 amide bonds. The van der Waals surface area contributed by atoms with Gasteiger partial charge < -0.3 is 4.74 Å². The highest BCUT2D eigenvalue weighted by molar-refractivity contribution is 6.03. The SMILES string of the molecule is O=C(OC(=O)c1ccccc1Cc1ccccc1)c1ccccc1. The largest absolute Gasteiger partial charge is 0.386 e. The van der Waals surface area contributed by atoms with E-state index in [1.54, 1.807) is 42.5 Å². The monoisotopic (exact) mass is 316 g/mol. The van der Waals surface area contributed by atoms with E-state index in [4.69, 9.17) is 4.74 Å². The molecular weight excluding hydrogens is 300 g/mol. The quantitative estimate of drug-likeness (QED) is 0.533. The van der Waals surface area contributed by atoms with Crippen molar-refractivity contribution in [3.8, 4) is 0 Å². The van der Waals surface area contributed by atoms with Crippen LogP contribution >= 0.6 is 0 Å². The summed E-state index contributed by atoms with van der Waals surface area (Å²) in [5, 5.41) is 0. The van der Waals surface area contributed by atoms with Crippen LogP contribution in [0.4, 0.5) is 0 Å². The van der Waals surface area contributed by atoms with Crippen molar-refractivity contribution < 1.29 is 14.3 Å². The Balaban J connectivity index is 1.79. The maximum absolute atomic E-state index is 12.4. The molecule has 0 aromatic heterocycles. The average molecular weight is 316 g/mol. The Morgan fingerprint density at radius 3 is 1.96 bits per heavy atom. The number of benzene rings is 3. The summed E-state index contributed by atoms with van der Waals surface area (Å²) in [5.41, 5.74) is 2.68. The van der Waals surface area contributed by atoms with Crippen LogP contribution in [0, 0.1) is 0 Å². The third kappa shape index (κ3) is 3.76. The average Bonchev–Trinajstić information content (AvgIpc) is 2.63. The third-order valence-corrected chi connectivity index (χ3v) is 3.67. The van der Waals surface area contributed by atoms with Crippen molar-refractivity contribution in [1.82, 2.24) is 0 Å². The first kappa shape index (κ1) is 15.7. The Kier molecular flexibility index (Phi) is 4.82. The zero-order chi connectivity index (χ0) is 16.8. The molecule has 0 N–H and O–H groups in total. The van der Waals surface area contributed by atoms with Gasteiger partial charge in [-0.1, -0.05) is 66.7 Å². The molecule has 3 aromatic carbocycles. The van der Waals surface area contributed by atoms with Crippen LogP contribution in [-0.2, 0) is 11.2 Å². The molecule has 0 heterocycles. The second kappa shape index (κ2) is 7.38. The number of esters is 2. The Labute approximate surface area is 140 Å². The fourth-order valence-electron chi connectivity index (χ4n) is 2.46. The van der Waals surface area contributed by atoms with Gasteiger partial charge in [0.15, 0.2) is 0 Å². The lowest BCUT2D eigenvalue weighted by Gasteiger charge is -2.09. The minimum atomic E-state index is -0.643. The van der Waals surface area contributed by atoms with Gasteiger partial charge in [0.05, 0.1) is 11.1 Å². The third-order valence-electron chi connectivity index (χ3n) is 3.67. The van der Waals surface area contributed by atoms with Gasteiger partial charge in [-0.05, 0) is 35.7 Å². The maximum Gasteiger partial charge on any atom is 0.346 e. The molecule has 3 nitrogen and oxygen atoms in total. The molecule has 0 radical (unpaired) electrons. The molecule has 0 saturated heterocycles. The number of hydrogen-bond donors (Lipinski definition) is 0. The molecule has 0 fully saturated rings. The van der Waals surface area contributed by atoms with Crippen molar-refractivity contribution in [2.45, 2.75) is 6.42 Å². The summed E-state index contributed by atoms with van der Waals surface area (Å²) in [5.74, 6) is -1.27. The summed E-state index contributed by atoms with van der Waals surface area (Å²) < 4.78 is 5.02. The van der Waals surface area contributed by atoms with Crippen molar-refractivity contribution in [1.29, 1.82) is 0 Å². The van der Waals surface area contributed by atoms with Crippen LogP contribution in [0.1, 0.15) is 31.8 Å². The van der Waals surface area contributed by atoms with Gasteiger partial charge in [0.2, 0.25) is 0 Å². The topological polar surface area (TPSA) is 43.4 Å². The van der Waals surface area contributed by atoms with Crippen molar-refractivity contribution in [2.24, 2.45) is 0 Å². The molecule has 0 aliphatic heterocycles. The first-order valence-electron chi connectivity index (χ1n) is 7.67. The molecule has 3 aromatic rings. The summed E-state index contributed by atoms with van der Waals surface area (Å²) in [4.78, 5) is 24.5. The van der Waals surface area contributed by atoms with Gasteiger partial charge in [0, 0.05) is 0 Å². The Bertz CT molecular complexity index is 839. The maximum atomic E-state index is 12.4. The zero-order valence-electron chi connectivity index (χ0n) is 13.0. The molecule has 0 unspecified atom stereocenters. The molecular formula is C21H16O3. The number of ether oxygens (including phenoxy) is 1. The van der Waals surface area contributed by atoms with E-state index in [1.807, 2.05) is 42.5 Å². The normalized spacial score (nSPS) is 10.2. The van der Waals surface area contributed by atoms with Crippen molar-refractivity contribution >= 4 is 11.9 Å². The van der Waals surface area contributed by atoms with Gasteiger partial charge in [-0.3, -0.25) is 0 Å². The summed E-state index contributed by atoms with van der Waals surface area (Å²) in [6, 6.07) is 25.5.